The van der Waals surface area contributed by atoms with Gasteiger partial charge in [0, 0.05) is 18.7 Å². The smallest absolute Gasteiger partial charge is 0.368 e. The third-order valence-electron chi connectivity index (χ3n) is 4.63. The van der Waals surface area contributed by atoms with Crippen LogP contribution in [0.2, 0.25) is 0 Å². The number of thiocarbonyl (C=S) groups is 1. The van der Waals surface area contributed by atoms with Crippen molar-refractivity contribution in [2.75, 3.05) is 13.1 Å². The second-order valence-electron chi connectivity index (χ2n) is 6.91. The lowest BCUT2D eigenvalue weighted by atomic mass is 10.0. The number of hydrogen-bond acceptors (Lipinski definition) is 4. The molecule has 0 aliphatic rings. The number of carbonyl (C=O) groups excluding carboxylic acids is 3. The Bertz CT molecular complexity index is 969. The van der Waals surface area contributed by atoms with Gasteiger partial charge in [-0.05, 0) is 31.0 Å². The first kappa shape index (κ1) is 25.0. The molecule has 2 aromatic carbocycles. The number of nitrogens with zero attached hydrogens (tertiary/aromatic N) is 2. The molecule has 0 heterocycles. The molecule has 1 atom stereocenters. The van der Waals surface area contributed by atoms with Gasteiger partial charge in [-0.15, -0.1) is 0 Å². The summed E-state index contributed by atoms with van der Waals surface area (Å²) in [5.74, 6) is -3.71. The average Bonchev–Trinajstić information content (AvgIpc) is 2.75. The maximum atomic E-state index is 13.3. The van der Waals surface area contributed by atoms with Gasteiger partial charge < -0.3 is 15.5 Å². The topological polar surface area (TPSA) is 83.7 Å². The Morgan fingerprint density at radius 1 is 0.969 bits per heavy atom. The molecular formula is C22H22F3N3O3S. The number of nitrogens with two attached hydrogens (primary N) is 1. The van der Waals surface area contributed by atoms with Crippen LogP contribution in [0.4, 0.5) is 13.2 Å². The number of amides is 3. The standard InChI is InChI=1S/C22H22F3N3O3S/c1-15(32)27(20(30)17-11-6-3-7-12-17)13-8-14-28(21(31)22(23,24)25)18(19(26)29)16-9-4-2-5-10-16/h2-7,9-12,18H,8,13-14H2,1H3,(H2,26,29). The van der Waals surface area contributed by atoms with Crippen molar-refractivity contribution in [3.05, 3.63) is 71.8 Å². The zero-order valence-corrected chi connectivity index (χ0v) is 18.0. The van der Waals surface area contributed by atoms with Crippen LogP contribution in [0.3, 0.4) is 0 Å². The normalized spacial score (nSPS) is 12.0. The fourth-order valence-corrected chi connectivity index (χ4v) is 3.36. The number of alkyl halides is 3. The van der Waals surface area contributed by atoms with Crippen molar-refractivity contribution in [1.82, 2.24) is 9.80 Å². The van der Waals surface area contributed by atoms with Crippen molar-refractivity contribution in [2.24, 2.45) is 5.73 Å². The molecule has 2 aromatic rings. The summed E-state index contributed by atoms with van der Waals surface area (Å²) < 4.78 is 39.8. The SMILES string of the molecule is CC(=S)N(CCCN(C(=O)C(F)(F)F)C(C(N)=O)c1ccccc1)C(=O)c1ccccc1. The van der Waals surface area contributed by atoms with E-state index in [4.69, 9.17) is 18.0 Å². The molecule has 6 nitrogen and oxygen atoms in total. The highest BCUT2D eigenvalue weighted by molar-refractivity contribution is 7.80. The number of primary amides is 1. The predicted octanol–water partition coefficient (Wildman–Crippen LogP) is 3.48. The number of halogens is 3. The predicted molar refractivity (Wildman–Crippen MR) is 117 cm³/mol. The molecule has 2 N–H and O–H groups in total. The molecule has 0 spiro atoms. The lowest BCUT2D eigenvalue weighted by Gasteiger charge is -2.31. The molecule has 1 unspecified atom stereocenters. The molecule has 170 valence electrons. The minimum Gasteiger partial charge on any atom is -0.368 e. The molecule has 0 aliphatic heterocycles. The summed E-state index contributed by atoms with van der Waals surface area (Å²) >= 11 is 5.12. The van der Waals surface area contributed by atoms with Crippen LogP contribution < -0.4 is 5.73 Å². The van der Waals surface area contributed by atoms with Crippen molar-refractivity contribution in [3.8, 4) is 0 Å². The van der Waals surface area contributed by atoms with E-state index in [9.17, 15) is 27.6 Å². The van der Waals surface area contributed by atoms with Gasteiger partial charge in [0.1, 0.15) is 6.04 Å². The van der Waals surface area contributed by atoms with E-state index < -0.39 is 36.5 Å². The number of benzene rings is 2. The van der Waals surface area contributed by atoms with E-state index >= 15 is 0 Å². The summed E-state index contributed by atoms with van der Waals surface area (Å²) in [6, 6.07) is 14.1. The van der Waals surface area contributed by atoms with E-state index in [2.05, 4.69) is 0 Å². The molecule has 0 aliphatic carbocycles. The summed E-state index contributed by atoms with van der Waals surface area (Å²) in [5, 5.41) is 0. The summed E-state index contributed by atoms with van der Waals surface area (Å²) in [6.45, 7) is 0.998. The quantitative estimate of drug-likeness (QED) is 0.605. The Morgan fingerprint density at radius 3 is 1.97 bits per heavy atom. The van der Waals surface area contributed by atoms with Gasteiger partial charge in [0.25, 0.3) is 5.91 Å². The molecule has 0 bridgehead atoms. The first-order valence-corrected chi connectivity index (χ1v) is 10.0. The van der Waals surface area contributed by atoms with E-state index in [-0.39, 0.29) is 23.5 Å². The van der Waals surface area contributed by atoms with Crippen LogP contribution in [0, 0.1) is 0 Å². The highest BCUT2D eigenvalue weighted by Crippen LogP contribution is 2.27. The highest BCUT2D eigenvalue weighted by Gasteiger charge is 2.46. The van der Waals surface area contributed by atoms with Gasteiger partial charge in [0.05, 0.1) is 4.99 Å². The zero-order chi connectivity index (χ0) is 23.9. The Hall–Kier alpha value is -3.27. The van der Waals surface area contributed by atoms with E-state index in [0.717, 1.165) is 0 Å². The molecule has 0 radical (unpaired) electrons. The molecule has 0 saturated heterocycles. The molecule has 0 saturated carbocycles. The fraction of sp³-hybridized carbons (Fsp3) is 0.273. The monoisotopic (exact) mass is 465 g/mol. The van der Waals surface area contributed by atoms with Gasteiger partial charge in [-0.2, -0.15) is 13.2 Å². The van der Waals surface area contributed by atoms with Crippen LogP contribution in [-0.2, 0) is 9.59 Å². The molecule has 32 heavy (non-hydrogen) atoms. The summed E-state index contributed by atoms with van der Waals surface area (Å²) in [5.41, 5.74) is 5.88. The molecule has 10 heteroatoms. The lowest BCUT2D eigenvalue weighted by molar-refractivity contribution is -0.188. The molecular weight excluding hydrogens is 443 g/mol. The average molecular weight is 465 g/mol. The number of carbonyl (C=O) groups is 3. The third-order valence-corrected chi connectivity index (χ3v) is 4.85. The van der Waals surface area contributed by atoms with Crippen LogP contribution in [0.15, 0.2) is 60.7 Å². The minimum absolute atomic E-state index is 0.0506. The van der Waals surface area contributed by atoms with Gasteiger partial charge in [0.15, 0.2) is 0 Å². The maximum Gasteiger partial charge on any atom is 0.471 e. The van der Waals surface area contributed by atoms with Crippen molar-refractivity contribution < 1.29 is 27.6 Å². The van der Waals surface area contributed by atoms with Gasteiger partial charge in [0.2, 0.25) is 5.91 Å². The van der Waals surface area contributed by atoms with Crippen molar-refractivity contribution in [1.29, 1.82) is 0 Å². The minimum atomic E-state index is -5.21. The Kier molecular flexibility index (Phi) is 8.48. The Balaban J connectivity index is 2.26. The van der Waals surface area contributed by atoms with Crippen LogP contribution in [0.25, 0.3) is 0 Å². The maximum absolute atomic E-state index is 13.3. The zero-order valence-electron chi connectivity index (χ0n) is 17.2. The number of rotatable bonds is 8. The Morgan fingerprint density at radius 2 is 1.50 bits per heavy atom. The van der Waals surface area contributed by atoms with E-state index in [1.807, 2.05) is 0 Å². The van der Waals surface area contributed by atoms with Crippen LogP contribution >= 0.6 is 12.2 Å². The fourth-order valence-electron chi connectivity index (χ4n) is 3.18. The first-order chi connectivity index (χ1) is 15.0. The van der Waals surface area contributed by atoms with E-state index in [1.54, 1.807) is 36.4 Å². The van der Waals surface area contributed by atoms with Gasteiger partial charge >= 0.3 is 12.1 Å². The van der Waals surface area contributed by atoms with Crippen LogP contribution in [0.5, 0.6) is 0 Å². The molecule has 3 amide bonds. The second kappa shape index (κ2) is 10.9. The molecule has 0 fully saturated rings. The van der Waals surface area contributed by atoms with Crippen LogP contribution in [-0.4, -0.2) is 51.8 Å². The summed E-state index contributed by atoms with van der Waals surface area (Å²) in [4.78, 5) is 38.8. The lowest BCUT2D eigenvalue weighted by Crippen LogP contribution is -2.48. The Labute approximate surface area is 188 Å². The van der Waals surface area contributed by atoms with Gasteiger partial charge in [-0.1, -0.05) is 60.7 Å². The van der Waals surface area contributed by atoms with Crippen molar-refractivity contribution in [2.45, 2.75) is 25.6 Å². The molecule has 0 aromatic heterocycles. The third kappa shape index (κ3) is 6.36. The van der Waals surface area contributed by atoms with E-state index in [0.29, 0.717) is 10.5 Å². The van der Waals surface area contributed by atoms with E-state index in [1.165, 1.54) is 36.1 Å². The largest absolute Gasteiger partial charge is 0.471 e. The summed E-state index contributed by atoms with van der Waals surface area (Å²) in [6.07, 6.45) is -5.27. The number of hydrogen-bond donors (Lipinski definition) is 1. The first-order valence-electron chi connectivity index (χ1n) is 9.63. The summed E-state index contributed by atoms with van der Waals surface area (Å²) in [7, 11) is 0. The highest BCUT2D eigenvalue weighted by atomic mass is 32.1. The van der Waals surface area contributed by atoms with Gasteiger partial charge in [-0.3, -0.25) is 14.4 Å². The van der Waals surface area contributed by atoms with Crippen LogP contribution in [0.1, 0.15) is 35.3 Å². The second-order valence-corrected chi connectivity index (χ2v) is 7.50. The van der Waals surface area contributed by atoms with Gasteiger partial charge in [-0.25, -0.2) is 0 Å². The molecule has 2 rings (SSSR count). The van der Waals surface area contributed by atoms with Crippen molar-refractivity contribution >= 4 is 34.9 Å². The van der Waals surface area contributed by atoms with Crippen molar-refractivity contribution in [3.63, 3.8) is 0 Å².